The molecule has 0 radical (unpaired) electrons. The smallest absolute Gasteiger partial charge is 0.122 e. The molecule has 0 saturated carbocycles. The van der Waals surface area contributed by atoms with Crippen LogP contribution >= 0.6 is 0 Å². The van der Waals surface area contributed by atoms with Crippen LogP contribution in [-0.4, -0.2) is 11.8 Å². The van der Waals surface area contributed by atoms with Crippen LogP contribution in [0.5, 0.6) is 0 Å². The summed E-state index contributed by atoms with van der Waals surface area (Å²) in [6.07, 6.45) is 3.97. The van der Waals surface area contributed by atoms with Crippen molar-refractivity contribution in [2.75, 3.05) is 0 Å². The third-order valence-corrected chi connectivity index (χ3v) is 1.13. The quantitative estimate of drug-likeness (QED) is 0.340. The fourth-order valence-corrected chi connectivity index (χ4v) is 0.552. The minimum atomic E-state index is 0.175. The summed E-state index contributed by atoms with van der Waals surface area (Å²) in [6.45, 7) is 9.52. The van der Waals surface area contributed by atoms with E-state index in [1.807, 2.05) is 26.8 Å². The van der Waals surface area contributed by atoms with Crippen LogP contribution in [0.3, 0.4) is 0 Å². The monoisotopic (exact) mass is 155 g/mol. The first-order chi connectivity index (χ1) is 5.16. The zero-order valence-electron chi connectivity index (χ0n) is 7.63. The summed E-state index contributed by atoms with van der Waals surface area (Å²) in [5, 5.41) is 3.93. The lowest BCUT2D eigenvalue weighted by Crippen LogP contribution is -1.99. The van der Waals surface area contributed by atoms with Gasteiger partial charge in [0.25, 0.3) is 0 Å². The summed E-state index contributed by atoms with van der Waals surface area (Å²) < 4.78 is 0. The van der Waals surface area contributed by atoms with Gasteiger partial charge < -0.3 is 4.84 Å². The van der Waals surface area contributed by atoms with Gasteiger partial charge in [-0.05, 0) is 33.6 Å². The molecule has 2 heteroatoms. The number of allylic oxidation sites excluding steroid dienone is 1. The Hall–Kier alpha value is -0.790. The lowest BCUT2D eigenvalue weighted by atomic mass is 10.2. The van der Waals surface area contributed by atoms with Crippen LogP contribution in [0.25, 0.3) is 0 Å². The van der Waals surface area contributed by atoms with Crippen molar-refractivity contribution >= 4 is 5.71 Å². The average Bonchev–Trinajstić information content (AvgIpc) is 1.97. The van der Waals surface area contributed by atoms with E-state index in [1.54, 1.807) is 0 Å². The van der Waals surface area contributed by atoms with Crippen LogP contribution in [0.1, 0.15) is 33.6 Å². The van der Waals surface area contributed by atoms with E-state index < -0.39 is 0 Å². The number of oxime groups is 1. The lowest BCUT2D eigenvalue weighted by Gasteiger charge is -2.02. The lowest BCUT2D eigenvalue weighted by molar-refractivity contribution is 0.0853. The molecule has 0 spiro atoms. The molecule has 0 unspecified atom stereocenters. The second-order valence-electron chi connectivity index (χ2n) is 2.81. The second kappa shape index (κ2) is 5.96. The van der Waals surface area contributed by atoms with Crippen molar-refractivity contribution in [2.24, 2.45) is 5.16 Å². The Kier molecular flexibility index (Phi) is 5.53. The molecule has 0 rings (SSSR count). The molecular formula is C9H17NO. The Morgan fingerprint density at radius 1 is 1.64 bits per heavy atom. The van der Waals surface area contributed by atoms with Crippen molar-refractivity contribution in [1.82, 2.24) is 0 Å². The SMILES string of the molecule is C=CCC/C(C)=N/OC(C)C. The molecule has 0 aromatic heterocycles. The number of hydrogen-bond donors (Lipinski definition) is 0. The van der Waals surface area contributed by atoms with Crippen molar-refractivity contribution in [2.45, 2.75) is 39.7 Å². The van der Waals surface area contributed by atoms with Crippen molar-refractivity contribution in [1.29, 1.82) is 0 Å². The first-order valence-corrected chi connectivity index (χ1v) is 3.97. The molecule has 0 aliphatic heterocycles. The summed E-state index contributed by atoms with van der Waals surface area (Å²) in [5.41, 5.74) is 1.03. The molecule has 0 atom stereocenters. The molecule has 64 valence electrons. The van der Waals surface area contributed by atoms with Gasteiger partial charge in [0, 0.05) is 0 Å². The summed E-state index contributed by atoms with van der Waals surface area (Å²) in [6, 6.07) is 0. The highest BCUT2D eigenvalue weighted by Gasteiger charge is 1.92. The minimum absolute atomic E-state index is 0.175. The van der Waals surface area contributed by atoms with Gasteiger partial charge >= 0.3 is 0 Å². The Morgan fingerprint density at radius 3 is 2.73 bits per heavy atom. The molecular weight excluding hydrogens is 138 g/mol. The normalized spacial score (nSPS) is 11.8. The van der Waals surface area contributed by atoms with E-state index in [2.05, 4.69) is 11.7 Å². The highest BCUT2D eigenvalue weighted by molar-refractivity contribution is 5.81. The van der Waals surface area contributed by atoms with Gasteiger partial charge in [-0.15, -0.1) is 6.58 Å². The molecule has 0 heterocycles. The van der Waals surface area contributed by atoms with E-state index in [4.69, 9.17) is 4.84 Å². The van der Waals surface area contributed by atoms with E-state index in [0.717, 1.165) is 18.6 Å². The van der Waals surface area contributed by atoms with E-state index in [9.17, 15) is 0 Å². The Bertz CT molecular complexity index is 138. The van der Waals surface area contributed by atoms with Gasteiger partial charge in [0.15, 0.2) is 0 Å². The zero-order valence-corrected chi connectivity index (χ0v) is 7.63. The standard InChI is InChI=1S/C9H17NO/c1-5-6-7-9(4)10-11-8(2)3/h5,8H,1,6-7H2,2-4H3/b10-9+. The third-order valence-electron chi connectivity index (χ3n) is 1.13. The summed E-state index contributed by atoms with van der Waals surface area (Å²) >= 11 is 0. The molecule has 0 saturated heterocycles. The van der Waals surface area contributed by atoms with Crippen LogP contribution in [0.15, 0.2) is 17.8 Å². The molecule has 0 fully saturated rings. The zero-order chi connectivity index (χ0) is 8.69. The van der Waals surface area contributed by atoms with Crippen molar-refractivity contribution in [3.63, 3.8) is 0 Å². The first kappa shape index (κ1) is 10.2. The van der Waals surface area contributed by atoms with Crippen LogP contribution in [0.4, 0.5) is 0 Å². The fourth-order valence-electron chi connectivity index (χ4n) is 0.552. The topological polar surface area (TPSA) is 21.6 Å². The maximum atomic E-state index is 5.05. The molecule has 2 nitrogen and oxygen atoms in total. The molecule has 11 heavy (non-hydrogen) atoms. The fraction of sp³-hybridized carbons (Fsp3) is 0.667. The van der Waals surface area contributed by atoms with Crippen LogP contribution in [-0.2, 0) is 4.84 Å². The van der Waals surface area contributed by atoms with Crippen LogP contribution < -0.4 is 0 Å². The van der Waals surface area contributed by atoms with Crippen LogP contribution in [0, 0.1) is 0 Å². The van der Waals surface area contributed by atoms with Gasteiger partial charge in [0.2, 0.25) is 0 Å². The van der Waals surface area contributed by atoms with Gasteiger partial charge in [0.1, 0.15) is 6.10 Å². The highest BCUT2D eigenvalue weighted by Crippen LogP contribution is 1.96. The maximum absolute atomic E-state index is 5.05. The summed E-state index contributed by atoms with van der Waals surface area (Å²) in [4.78, 5) is 5.05. The molecule has 0 aromatic carbocycles. The number of nitrogens with zero attached hydrogens (tertiary/aromatic N) is 1. The number of rotatable bonds is 5. The third kappa shape index (κ3) is 7.10. The first-order valence-electron chi connectivity index (χ1n) is 3.97. The minimum Gasteiger partial charge on any atom is -0.393 e. The van der Waals surface area contributed by atoms with Crippen molar-refractivity contribution < 1.29 is 4.84 Å². The van der Waals surface area contributed by atoms with Crippen molar-refractivity contribution in [3.8, 4) is 0 Å². The van der Waals surface area contributed by atoms with E-state index >= 15 is 0 Å². The Labute approximate surface area is 68.9 Å². The highest BCUT2D eigenvalue weighted by atomic mass is 16.6. The molecule has 0 aliphatic carbocycles. The van der Waals surface area contributed by atoms with Gasteiger partial charge in [0.05, 0.1) is 5.71 Å². The predicted octanol–water partition coefficient (Wildman–Crippen LogP) is 2.75. The molecule has 0 amide bonds. The Morgan fingerprint density at radius 2 is 2.27 bits per heavy atom. The van der Waals surface area contributed by atoms with Gasteiger partial charge in [-0.1, -0.05) is 11.2 Å². The maximum Gasteiger partial charge on any atom is 0.122 e. The molecule has 0 aromatic rings. The van der Waals surface area contributed by atoms with Crippen LogP contribution in [0.2, 0.25) is 0 Å². The largest absolute Gasteiger partial charge is 0.393 e. The summed E-state index contributed by atoms with van der Waals surface area (Å²) in [7, 11) is 0. The molecule has 0 aliphatic rings. The second-order valence-corrected chi connectivity index (χ2v) is 2.81. The summed E-state index contributed by atoms with van der Waals surface area (Å²) in [5.74, 6) is 0. The van der Waals surface area contributed by atoms with E-state index in [-0.39, 0.29) is 6.10 Å². The van der Waals surface area contributed by atoms with Gasteiger partial charge in [-0.3, -0.25) is 0 Å². The van der Waals surface area contributed by atoms with E-state index in [0.29, 0.717) is 0 Å². The van der Waals surface area contributed by atoms with Crippen molar-refractivity contribution in [3.05, 3.63) is 12.7 Å². The average molecular weight is 155 g/mol. The van der Waals surface area contributed by atoms with E-state index in [1.165, 1.54) is 0 Å². The predicted molar refractivity (Wildman–Crippen MR) is 48.8 cm³/mol. The van der Waals surface area contributed by atoms with Gasteiger partial charge in [-0.2, -0.15) is 0 Å². The molecule has 0 N–H and O–H groups in total. The molecule has 0 bridgehead atoms. The van der Waals surface area contributed by atoms with Gasteiger partial charge in [-0.25, -0.2) is 0 Å². The Balaban J connectivity index is 3.53. The number of hydrogen-bond acceptors (Lipinski definition) is 2.